The highest BCUT2D eigenvalue weighted by molar-refractivity contribution is 5.80. The van der Waals surface area contributed by atoms with E-state index < -0.39 is 42.6 Å². The normalized spacial score (nSPS) is 23.1. The second-order valence-electron chi connectivity index (χ2n) is 4.71. The summed E-state index contributed by atoms with van der Waals surface area (Å²) >= 11 is 0. The van der Waals surface area contributed by atoms with Crippen molar-refractivity contribution in [3.63, 3.8) is 0 Å². The molecule has 1 fully saturated rings. The molecule has 0 aromatic rings. The van der Waals surface area contributed by atoms with Crippen LogP contribution in [0.4, 0.5) is 26.3 Å². The second kappa shape index (κ2) is 5.40. The molecule has 1 aliphatic heterocycles. The summed E-state index contributed by atoms with van der Waals surface area (Å²) in [5.41, 5.74) is 0. The number of halogens is 6. The molecule has 1 aliphatic rings. The van der Waals surface area contributed by atoms with Gasteiger partial charge in [0.2, 0.25) is 11.8 Å². The number of ether oxygens (including phenoxy) is 2. The van der Waals surface area contributed by atoms with Crippen LogP contribution in [0.15, 0.2) is 0 Å². The van der Waals surface area contributed by atoms with Crippen molar-refractivity contribution in [2.45, 2.75) is 38.1 Å². The predicted octanol–water partition coefficient (Wildman–Crippen LogP) is 1.99. The molecule has 4 nitrogen and oxygen atoms in total. The molecule has 1 heterocycles. The molecule has 10 heteroatoms. The molecule has 0 spiro atoms. The molecule has 1 rings (SSSR count). The van der Waals surface area contributed by atoms with Crippen LogP contribution in [0.3, 0.4) is 0 Å². The third kappa shape index (κ3) is 4.51. The van der Waals surface area contributed by atoms with E-state index in [4.69, 9.17) is 9.47 Å². The molecule has 0 aromatic heterocycles. The van der Waals surface area contributed by atoms with Gasteiger partial charge in [-0.2, -0.15) is 26.3 Å². The number of amides is 1. The van der Waals surface area contributed by atoms with Crippen LogP contribution in [-0.2, 0) is 14.3 Å². The first-order valence-electron chi connectivity index (χ1n) is 5.56. The monoisotopic (exact) mass is 309 g/mol. The lowest BCUT2D eigenvalue weighted by Crippen LogP contribution is -2.49. The van der Waals surface area contributed by atoms with Crippen LogP contribution in [0.2, 0.25) is 0 Å². The highest BCUT2D eigenvalue weighted by Gasteiger charge is 2.61. The smallest absolute Gasteiger partial charge is 0.353 e. The van der Waals surface area contributed by atoms with Crippen molar-refractivity contribution in [3.05, 3.63) is 0 Å². The Balaban J connectivity index is 2.61. The highest BCUT2D eigenvalue weighted by atomic mass is 19.4. The standard InChI is InChI=1S/C10H13F6NO3/c1-8(2)19-4-5(20-8)3-17-7(18)6(9(11,12)13)10(14,15)16/h5-6H,3-4H2,1-2H3,(H,17,18). The van der Waals surface area contributed by atoms with Crippen molar-refractivity contribution in [1.29, 1.82) is 0 Å². The largest absolute Gasteiger partial charge is 0.409 e. The first-order valence-corrected chi connectivity index (χ1v) is 5.56. The SMILES string of the molecule is CC1(C)OCC(CNC(=O)C(C(F)(F)F)C(F)(F)F)O1. The van der Waals surface area contributed by atoms with Gasteiger partial charge in [-0.15, -0.1) is 0 Å². The van der Waals surface area contributed by atoms with Crippen molar-refractivity contribution in [3.8, 4) is 0 Å². The Morgan fingerprint density at radius 2 is 1.75 bits per heavy atom. The number of hydrogen-bond acceptors (Lipinski definition) is 3. The van der Waals surface area contributed by atoms with Crippen molar-refractivity contribution >= 4 is 5.91 Å². The van der Waals surface area contributed by atoms with Crippen LogP contribution < -0.4 is 5.32 Å². The second-order valence-corrected chi connectivity index (χ2v) is 4.71. The zero-order valence-corrected chi connectivity index (χ0v) is 10.6. The molecule has 0 aromatic carbocycles. The Kier molecular flexibility index (Phi) is 4.59. The van der Waals surface area contributed by atoms with Gasteiger partial charge in [0, 0.05) is 6.54 Å². The van der Waals surface area contributed by atoms with Crippen LogP contribution in [0.5, 0.6) is 0 Å². The first kappa shape index (κ1) is 17.0. The van der Waals surface area contributed by atoms with E-state index in [9.17, 15) is 31.1 Å². The lowest BCUT2D eigenvalue weighted by molar-refractivity contribution is -0.274. The van der Waals surface area contributed by atoms with Crippen LogP contribution >= 0.6 is 0 Å². The minimum atomic E-state index is -5.70. The van der Waals surface area contributed by atoms with Crippen molar-refractivity contribution in [2.24, 2.45) is 5.92 Å². The molecule has 0 bridgehead atoms. The average Bonchev–Trinajstić information content (AvgIpc) is 2.50. The Morgan fingerprint density at radius 3 is 2.10 bits per heavy atom. The highest BCUT2D eigenvalue weighted by Crippen LogP contribution is 2.39. The van der Waals surface area contributed by atoms with Gasteiger partial charge in [0.15, 0.2) is 5.79 Å². The number of nitrogens with one attached hydrogen (secondary N) is 1. The maximum Gasteiger partial charge on any atom is 0.409 e. The first-order chi connectivity index (χ1) is 8.83. The molecule has 20 heavy (non-hydrogen) atoms. The fourth-order valence-corrected chi connectivity index (χ4v) is 1.66. The molecule has 0 aliphatic carbocycles. The van der Waals surface area contributed by atoms with Gasteiger partial charge >= 0.3 is 12.4 Å². The van der Waals surface area contributed by atoms with Gasteiger partial charge in [-0.05, 0) is 13.8 Å². The van der Waals surface area contributed by atoms with Crippen LogP contribution in [0, 0.1) is 5.92 Å². The fraction of sp³-hybridized carbons (Fsp3) is 0.900. The summed E-state index contributed by atoms with van der Waals surface area (Å²) in [7, 11) is 0. The van der Waals surface area contributed by atoms with Gasteiger partial charge in [0.1, 0.15) is 6.10 Å². The number of rotatable bonds is 3. The van der Waals surface area contributed by atoms with Crippen LogP contribution in [0.1, 0.15) is 13.8 Å². The molecule has 1 atom stereocenters. The molecule has 1 N–H and O–H groups in total. The van der Waals surface area contributed by atoms with E-state index in [2.05, 4.69) is 0 Å². The molecular weight excluding hydrogens is 296 g/mol. The van der Waals surface area contributed by atoms with E-state index >= 15 is 0 Å². The van der Waals surface area contributed by atoms with E-state index in [0.717, 1.165) is 0 Å². The number of alkyl halides is 6. The predicted molar refractivity (Wildman–Crippen MR) is 53.5 cm³/mol. The van der Waals surface area contributed by atoms with Gasteiger partial charge in [-0.1, -0.05) is 0 Å². The average molecular weight is 309 g/mol. The summed E-state index contributed by atoms with van der Waals surface area (Å²) in [6, 6.07) is 0. The van der Waals surface area contributed by atoms with Crippen LogP contribution in [0.25, 0.3) is 0 Å². The van der Waals surface area contributed by atoms with Crippen molar-refractivity contribution in [1.82, 2.24) is 5.32 Å². The van der Waals surface area contributed by atoms with Gasteiger partial charge in [-0.3, -0.25) is 4.79 Å². The number of carbonyl (C=O) groups is 1. The summed E-state index contributed by atoms with van der Waals surface area (Å²) in [5.74, 6) is -7.19. The molecule has 1 saturated heterocycles. The Labute approximate surface area is 110 Å². The fourth-order valence-electron chi connectivity index (χ4n) is 1.66. The molecule has 1 amide bonds. The van der Waals surface area contributed by atoms with Gasteiger partial charge < -0.3 is 14.8 Å². The molecule has 0 saturated carbocycles. The van der Waals surface area contributed by atoms with E-state index in [0.29, 0.717) is 0 Å². The quantitative estimate of drug-likeness (QED) is 0.811. The summed E-state index contributed by atoms with van der Waals surface area (Å²) in [4.78, 5) is 11.1. The maximum atomic E-state index is 12.3. The lowest BCUT2D eigenvalue weighted by Gasteiger charge is -2.23. The van der Waals surface area contributed by atoms with Gasteiger partial charge in [0.25, 0.3) is 0 Å². The van der Waals surface area contributed by atoms with Crippen molar-refractivity contribution in [2.75, 3.05) is 13.2 Å². The molecule has 118 valence electrons. The lowest BCUT2D eigenvalue weighted by atomic mass is 10.1. The number of hydrogen-bond donors (Lipinski definition) is 1. The Morgan fingerprint density at radius 1 is 1.25 bits per heavy atom. The zero-order chi connectivity index (χ0) is 15.8. The maximum absolute atomic E-state index is 12.3. The van der Waals surface area contributed by atoms with Gasteiger partial charge in [-0.25, -0.2) is 0 Å². The summed E-state index contributed by atoms with van der Waals surface area (Å²) in [6.07, 6.45) is -12.2. The van der Waals surface area contributed by atoms with E-state index in [1.807, 2.05) is 0 Å². The number of carbonyl (C=O) groups excluding carboxylic acids is 1. The minimum Gasteiger partial charge on any atom is -0.353 e. The third-order valence-corrected chi connectivity index (χ3v) is 2.49. The van der Waals surface area contributed by atoms with E-state index in [1.165, 1.54) is 13.8 Å². The van der Waals surface area contributed by atoms with Gasteiger partial charge in [0.05, 0.1) is 6.61 Å². The summed E-state index contributed by atoms with van der Waals surface area (Å²) < 4.78 is 83.7. The van der Waals surface area contributed by atoms with E-state index in [1.54, 1.807) is 5.32 Å². The molecular formula is C10H13F6NO3. The topological polar surface area (TPSA) is 47.6 Å². The third-order valence-electron chi connectivity index (χ3n) is 2.49. The zero-order valence-electron chi connectivity index (χ0n) is 10.6. The molecule has 1 unspecified atom stereocenters. The molecule has 0 radical (unpaired) electrons. The Bertz CT molecular complexity index is 351. The summed E-state index contributed by atoms with van der Waals surface area (Å²) in [5, 5.41) is 1.59. The van der Waals surface area contributed by atoms with Crippen molar-refractivity contribution < 1.29 is 40.6 Å². The van der Waals surface area contributed by atoms with Crippen LogP contribution in [-0.4, -0.2) is 43.3 Å². The van der Waals surface area contributed by atoms with E-state index in [-0.39, 0.29) is 6.61 Å². The summed E-state index contributed by atoms with van der Waals surface area (Å²) in [6.45, 7) is 2.53. The minimum absolute atomic E-state index is 0.0318. The Hall–Kier alpha value is -1.03.